The third-order valence-corrected chi connectivity index (χ3v) is 5.38. The number of carbonyl (C=O) groups is 1. The van der Waals surface area contributed by atoms with Crippen LogP contribution in [0.1, 0.15) is 17.0 Å². The molecule has 2 aromatic carbocycles. The summed E-state index contributed by atoms with van der Waals surface area (Å²) in [6, 6.07) is 16.1. The van der Waals surface area contributed by atoms with Gasteiger partial charge in [0, 0.05) is 25.3 Å². The summed E-state index contributed by atoms with van der Waals surface area (Å²) in [6.07, 6.45) is -1.02. The number of nitrogens with one attached hydrogen (secondary N) is 1. The van der Waals surface area contributed by atoms with Gasteiger partial charge in [-0.1, -0.05) is 24.3 Å². The van der Waals surface area contributed by atoms with Crippen LogP contribution in [0.4, 0.5) is 10.5 Å². The molecule has 0 spiro atoms. The van der Waals surface area contributed by atoms with E-state index in [9.17, 15) is 4.79 Å². The van der Waals surface area contributed by atoms with Gasteiger partial charge in [-0.3, -0.25) is 10.2 Å². The van der Waals surface area contributed by atoms with Crippen molar-refractivity contribution in [1.82, 2.24) is 4.90 Å². The van der Waals surface area contributed by atoms with Crippen LogP contribution < -0.4 is 10.1 Å². The summed E-state index contributed by atoms with van der Waals surface area (Å²) < 4.78 is 5.21. The van der Waals surface area contributed by atoms with Gasteiger partial charge in [-0.25, -0.2) is 4.79 Å². The second-order valence-electron chi connectivity index (χ2n) is 6.95. The van der Waals surface area contributed by atoms with Crippen LogP contribution >= 0.6 is 0 Å². The number of anilines is 1. The van der Waals surface area contributed by atoms with Crippen molar-refractivity contribution in [3.05, 3.63) is 59.7 Å². The molecule has 2 unspecified atom stereocenters. The van der Waals surface area contributed by atoms with Crippen molar-refractivity contribution in [2.45, 2.75) is 12.5 Å². The van der Waals surface area contributed by atoms with E-state index < -0.39 is 6.09 Å². The Morgan fingerprint density at radius 2 is 1.76 bits per heavy atom. The summed E-state index contributed by atoms with van der Waals surface area (Å²) in [4.78, 5) is 13.2. The Bertz CT molecular complexity index is 746. The first-order valence-corrected chi connectivity index (χ1v) is 8.59. The number of nitrogens with zero attached hydrogens (tertiary/aromatic N) is 1. The van der Waals surface area contributed by atoms with E-state index in [1.54, 1.807) is 7.11 Å². The number of hydrogen-bond donors (Lipinski definition) is 2. The lowest BCUT2D eigenvalue weighted by molar-refractivity contribution is 0.209. The maximum absolute atomic E-state index is 10.7. The molecule has 2 atom stereocenters. The molecule has 0 aromatic heterocycles. The molecule has 0 radical (unpaired) electrons. The second kappa shape index (κ2) is 6.41. The lowest BCUT2D eigenvalue weighted by atomic mass is 10.1. The van der Waals surface area contributed by atoms with Gasteiger partial charge in [0.2, 0.25) is 0 Å². The van der Waals surface area contributed by atoms with Crippen molar-refractivity contribution in [3.8, 4) is 5.75 Å². The predicted octanol–water partition coefficient (Wildman–Crippen LogP) is 3.63. The molecule has 1 saturated carbocycles. The highest BCUT2D eigenvalue weighted by Crippen LogP contribution is 2.58. The van der Waals surface area contributed by atoms with Crippen molar-refractivity contribution in [3.63, 3.8) is 0 Å². The Morgan fingerprint density at radius 3 is 2.32 bits per heavy atom. The average Bonchev–Trinajstić information content (AvgIpc) is 3.11. The van der Waals surface area contributed by atoms with Gasteiger partial charge in [-0.2, -0.15) is 0 Å². The van der Waals surface area contributed by atoms with Gasteiger partial charge < -0.3 is 9.84 Å². The lowest BCUT2D eigenvalue weighted by Gasteiger charge is -2.20. The third kappa shape index (κ3) is 3.33. The molecule has 1 heterocycles. The molecule has 5 heteroatoms. The van der Waals surface area contributed by atoms with E-state index in [1.165, 1.54) is 11.1 Å². The van der Waals surface area contributed by atoms with E-state index in [0.29, 0.717) is 11.6 Å². The number of benzene rings is 2. The summed E-state index contributed by atoms with van der Waals surface area (Å²) in [5.74, 6) is 2.99. The zero-order valence-electron chi connectivity index (χ0n) is 14.2. The van der Waals surface area contributed by atoms with E-state index in [1.807, 2.05) is 24.3 Å². The molecule has 130 valence electrons. The number of ether oxygens (including phenoxy) is 1. The van der Waals surface area contributed by atoms with E-state index >= 15 is 0 Å². The zero-order chi connectivity index (χ0) is 17.4. The van der Waals surface area contributed by atoms with E-state index in [4.69, 9.17) is 9.84 Å². The van der Waals surface area contributed by atoms with Crippen LogP contribution in [0.15, 0.2) is 48.5 Å². The SMILES string of the molecule is COc1ccc(CN2CC3C(C2)C3c2ccc(NC(=O)O)cc2)cc1. The molecule has 2 fully saturated rings. The minimum absolute atomic E-state index is 0.628. The molecule has 25 heavy (non-hydrogen) atoms. The number of rotatable bonds is 5. The Labute approximate surface area is 147 Å². The van der Waals surface area contributed by atoms with Gasteiger partial charge in [-0.15, -0.1) is 0 Å². The molecule has 2 aliphatic rings. The summed E-state index contributed by atoms with van der Waals surface area (Å²) >= 11 is 0. The number of hydrogen-bond acceptors (Lipinski definition) is 3. The number of amides is 1. The standard InChI is InChI=1S/C20H22N2O3/c1-25-16-8-2-13(3-9-16)10-22-11-17-18(12-22)19(17)14-4-6-15(7-5-14)21-20(23)24/h2-9,17-19,21H,10-12H2,1H3,(H,23,24). The van der Waals surface area contributed by atoms with E-state index in [0.717, 1.165) is 37.2 Å². The number of methoxy groups -OCH3 is 1. The van der Waals surface area contributed by atoms with Gasteiger partial charge in [0.25, 0.3) is 0 Å². The smallest absolute Gasteiger partial charge is 0.409 e. The van der Waals surface area contributed by atoms with Gasteiger partial charge in [0.05, 0.1) is 7.11 Å². The highest BCUT2D eigenvalue weighted by atomic mass is 16.5. The van der Waals surface area contributed by atoms with Crippen LogP contribution in [0.25, 0.3) is 0 Å². The van der Waals surface area contributed by atoms with Crippen LogP contribution in [0, 0.1) is 11.8 Å². The minimum Gasteiger partial charge on any atom is -0.497 e. The Morgan fingerprint density at radius 1 is 1.12 bits per heavy atom. The normalized spacial score (nSPS) is 24.6. The van der Waals surface area contributed by atoms with Crippen molar-refractivity contribution < 1.29 is 14.6 Å². The molecule has 2 aromatic rings. The van der Waals surface area contributed by atoms with Crippen molar-refractivity contribution in [1.29, 1.82) is 0 Å². The molecule has 5 nitrogen and oxygen atoms in total. The summed E-state index contributed by atoms with van der Waals surface area (Å²) in [6.45, 7) is 3.26. The van der Waals surface area contributed by atoms with Crippen LogP contribution in [0.3, 0.4) is 0 Å². The van der Waals surface area contributed by atoms with Crippen LogP contribution in [0.5, 0.6) is 5.75 Å². The van der Waals surface area contributed by atoms with Crippen LogP contribution in [-0.4, -0.2) is 36.3 Å². The third-order valence-electron chi connectivity index (χ3n) is 5.38. The maximum atomic E-state index is 10.7. The van der Waals surface area contributed by atoms with Crippen LogP contribution in [-0.2, 0) is 6.54 Å². The molecule has 0 bridgehead atoms. The predicted molar refractivity (Wildman–Crippen MR) is 96.1 cm³/mol. The largest absolute Gasteiger partial charge is 0.497 e. The highest BCUT2D eigenvalue weighted by Gasteiger charge is 2.55. The molecular formula is C20H22N2O3. The Hall–Kier alpha value is -2.53. The zero-order valence-corrected chi connectivity index (χ0v) is 14.2. The van der Waals surface area contributed by atoms with Gasteiger partial charge in [0.15, 0.2) is 0 Å². The number of carboxylic acid groups (broad SMARTS) is 1. The molecule has 1 amide bonds. The maximum Gasteiger partial charge on any atom is 0.409 e. The van der Waals surface area contributed by atoms with Crippen molar-refractivity contribution in [2.24, 2.45) is 11.8 Å². The summed E-state index contributed by atoms with van der Waals surface area (Å²) in [7, 11) is 1.69. The Kier molecular flexibility index (Phi) is 4.09. The minimum atomic E-state index is -1.02. The molecule has 1 saturated heterocycles. The lowest BCUT2D eigenvalue weighted by Crippen LogP contribution is -2.23. The van der Waals surface area contributed by atoms with Crippen LogP contribution in [0.2, 0.25) is 0 Å². The van der Waals surface area contributed by atoms with Crippen molar-refractivity contribution in [2.75, 3.05) is 25.5 Å². The average molecular weight is 338 g/mol. The molecule has 4 rings (SSSR count). The fourth-order valence-electron chi connectivity index (χ4n) is 4.14. The fraction of sp³-hybridized carbons (Fsp3) is 0.350. The first-order valence-electron chi connectivity index (χ1n) is 8.59. The molecular weight excluding hydrogens is 316 g/mol. The van der Waals surface area contributed by atoms with Gasteiger partial charge in [0.1, 0.15) is 5.75 Å². The first kappa shape index (κ1) is 16.0. The summed E-state index contributed by atoms with van der Waals surface area (Å²) in [5, 5.41) is 11.1. The monoisotopic (exact) mass is 338 g/mol. The first-order chi connectivity index (χ1) is 12.1. The number of piperidine rings is 1. The fourth-order valence-corrected chi connectivity index (χ4v) is 4.14. The Balaban J connectivity index is 1.32. The quantitative estimate of drug-likeness (QED) is 0.874. The van der Waals surface area contributed by atoms with Gasteiger partial charge in [-0.05, 0) is 53.1 Å². The van der Waals surface area contributed by atoms with Crippen molar-refractivity contribution >= 4 is 11.8 Å². The molecule has 1 aliphatic heterocycles. The number of likely N-dealkylation sites (tertiary alicyclic amines) is 1. The topological polar surface area (TPSA) is 61.8 Å². The number of fused-ring (bicyclic) bond motifs is 1. The highest BCUT2D eigenvalue weighted by molar-refractivity contribution is 5.82. The summed E-state index contributed by atoms with van der Waals surface area (Å²) in [5.41, 5.74) is 3.28. The molecule has 1 aliphatic carbocycles. The van der Waals surface area contributed by atoms with E-state index in [-0.39, 0.29) is 0 Å². The second-order valence-corrected chi connectivity index (χ2v) is 6.95. The van der Waals surface area contributed by atoms with E-state index in [2.05, 4.69) is 34.5 Å². The molecule has 2 N–H and O–H groups in total. The van der Waals surface area contributed by atoms with Gasteiger partial charge >= 0.3 is 6.09 Å².